The smallest absolute Gasteiger partial charge is 0.224 e. The van der Waals surface area contributed by atoms with E-state index in [1.807, 2.05) is 25.1 Å². The maximum atomic E-state index is 12.7. The van der Waals surface area contributed by atoms with Crippen LogP contribution in [0.2, 0.25) is 0 Å². The highest BCUT2D eigenvalue weighted by molar-refractivity contribution is 5.79. The third kappa shape index (κ3) is 3.69. The number of amides is 1. The molecule has 4 nitrogen and oxygen atoms in total. The molecule has 4 rings (SSSR count). The van der Waals surface area contributed by atoms with Gasteiger partial charge >= 0.3 is 0 Å². The Kier molecular flexibility index (Phi) is 4.72. The lowest BCUT2D eigenvalue weighted by Crippen LogP contribution is -2.58. The number of rotatable bonds is 5. The van der Waals surface area contributed by atoms with Gasteiger partial charge in [0, 0.05) is 25.2 Å². The van der Waals surface area contributed by atoms with E-state index in [0.29, 0.717) is 24.3 Å². The Balaban J connectivity index is 1.38. The number of fused-ring (bicyclic) bond motifs is 2. The third-order valence-corrected chi connectivity index (χ3v) is 6.33. The third-order valence-electron chi connectivity index (χ3n) is 6.33. The van der Waals surface area contributed by atoms with Gasteiger partial charge in [-0.25, -0.2) is 0 Å². The van der Waals surface area contributed by atoms with Crippen molar-refractivity contribution in [3.8, 4) is 5.75 Å². The maximum Gasteiger partial charge on any atom is 0.224 e. The highest BCUT2D eigenvalue weighted by Crippen LogP contribution is 2.39. The summed E-state index contributed by atoms with van der Waals surface area (Å²) in [5.74, 6) is 2.31. The van der Waals surface area contributed by atoms with Gasteiger partial charge in [-0.3, -0.25) is 9.69 Å². The van der Waals surface area contributed by atoms with Crippen molar-refractivity contribution in [3.63, 3.8) is 0 Å². The van der Waals surface area contributed by atoms with Gasteiger partial charge < -0.3 is 10.1 Å². The number of ether oxygens (including phenoxy) is 1. The quantitative estimate of drug-likeness (QED) is 0.894. The number of hydrogen-bond donors (Lipinski definition) is 1. The van der Waals surface area contributed by atoms with E-state index in [4.69, 9.17) is 4.74 Å². The van der Waals surface area contributed by atoms with Crippen molar-refractivity contribution >= 4 is 5.91 Å². The fourth-order valence-electron chi connectivity index (χ4n) is 4.84. The van der Waals surface area contributed by atoms with E-state index in [2.05, 4.69) is 10.2 Å². The summed E-state index contributed by atoms with van der Waals surface area (Å²) in [5.41, 5.74) is 2.13. The monoisotopic (exact) mass is 342 g/mol. The molecule has 1 aromatic carbocycles. The summed E-state index contributed by atoms with van der Waals surface area (Å²) in [6, 6.07) is 7.28. The molecule has 2 atom stereocenters. The SMILES string of the molecule is COc1cc(CC(=O)NC2C3CCCC2CN(C2CC2)C3)ccc1C. The van der Waals surface area contributed by atoms with Crippen molar-refractivity contribution < 1.29 is 9.53 Å². The van der Waals surface area contributed by atoms with E-state index in [0.717, 1.165) is 22.9 Å². The van der Waals surface area contributed by atoms with Gasteiger partial charge in [-0.05, 0) is 61.6 Å². The zero-order valence-corrected chi connectivity index (χ0v) is 15.5. The average molecular weight is 342 g/mol. The number of nitrogens with one attached hydrogen (secondary N) is 1. The van der Waals surface area contributed by atoms with Gasteiger partial charge in [0.25, 0.3) is 0 Å². The standard InChI is InChI=1S/C21H30N2O2/c1-14-6-7-15(10-19(14)25-2)11-20(24)22-21-16-4-3-5-17(21)13-23(12-16)18-8-9-18/h6-7,10,16-18,21H,3-5,8-9,11-13H2,1-2H3,(H,22,24). The van der Waals surface area contributed by atoms with E-state index in [9.17, 15) is 4.79 Å². The Morgan fingerprint density at radius 2 is 1.92 bits per heavy atom. The molecule has 1 N–H and O–H groups in total. The number of likely N-dealkylation sites (tertiary alicyclic amines) is 1. The number of carbonyl (C=O) groups is 1. The molecule has 0 spiro atoms. The van der Waals surface area contributed by atoms with Crippen LogP contribution in [0.3, 0.4) is 0 Å². The lowest BCUT2D eigenvalue weighted by atomic mass is 9.73. The van der Waals surface area contributed by atoms with Crippen LogP contribution in [-0.2, 0) is 11.2 Å². The van der Waals surface area contributed by atoms with Gasteiger partial charge in [-0.2, -0.15) is 0 Å². The van der Waals surface area contributed by atoms with E-state index in [1.165, 1.54) is 45.2 Å². The number of benzene rings is 1. The summed E-state index contributed by atoms with van der Waals surface area (Å²) in [6.07, 6.45) is 7.07. The number of carbonyl (C=O) groups excluding carboxylic acids is 1. The zero-order chi connectivity index (χ0) is 17.4. The van der Waals surface area contributed by atoms with Crippen LogP contribution in [0, 0.1) is 18.8 Å². The summed E-state index contributed by atoms with van der Waals surface area (Å²) in [5, 5.41) is 3.39. The summed E-state index contributed by atoms with van der Waals surface area (Å²) >= 11 is 0. The molecule has 1 aromatic rings. The summed E-state index contributed by atoms with van der Waals surface area (Å²) in [4.78, 5) is 15.4. The maximum absolute atomic E-state index is 12.7. The van der Waals surface area contributed by atoms with Gasteiger partial charge in [-0.1, -0.05) is 18.6 Å². The number of methoxy groups -OCH3 is 1. The van der Waals surface area contributed by atoms with Crippen molar-refractivity contribution in [2.45, 2.75) is 57.5 Å². The molecule has 2 bridgehead atoms. The number of piperidine rings is 1. The van der Waals surface area contributed by atoms with Crippen LogP contribution < -0.4 is 10.1 Å². The van der Waals surface area contributed by atoms with Crippen LogP contribution in [0.4, 0.5) is 0 Å². The minimum atomic E-state index is 0.160. The summed E-state index contributed by atoms with van der Waals surface area (Å²) in [7, 11) is 1.68. The molecule has 2 unspecified atom stereocenters. The molecule has 0 radical (unpaired) electrons. The molecule has 1 heterocycles. The topological polar surface area (TPSA) is 41.6 Å². The highest BCUT2D eigenvalue weighted by Gasteiger charge is 2.43. The van der Waals surface area contributed by atoms with Crippen LogP contribution in [0.1, 0.15) is 43.2 Å². The van der Waals surface area contributed by atoms with Crippen molar-refractivity contribution in [1.82, 2.24) is 10.2 Å². The number of aryl methyl sites for hydroxylation is 1. The molecule has 1 amide bonds. The second-order valence-corrected chi connectivity index (χ2v) is 8.21. The minimum absolute atomic E-state index is 0.160. The summed E-state index contributed by atoms with van der Waals surface area (Å²) < 4.78 is 5.38. The minimum Gasteiger partial charge on any atom is -0.496 e. The van der Waals surface area contributed by atoms with Crippen LogP contribution in [0.5, 0.6) is 5.75 Å². The van der Waals surface area contributed by atoms with Gasteiger partial charge in [0.1, 0.15) is 5.75 Å². The second-order valence-electron chi connectivity index (χ2n) is 8.21. The second kappa shape index (κ2) is 6.99. The molecule has 4 heteroatoms. The largest absolute Gasteiger partial charge is 0.496 e. The van der Waals surface area contributed by atoms with Gasteiger partial charge in [0.2, 0.25) is 5.91 Å². The Labute approximate surface area is 150 Å². The number of hydrogen-bond acceptors (Lipinski definition) is 3. The molecule has 136 valence electrons. The zero-order valence-electron chi connectivity index (χ0n) is 15.5. The fourth-order valence-corrected chi connectivity index (χ4v) is 4.84. The van der Waals surface area contributed by atoms with Gasteiger partial charge in [0.15, 0.2) is 0 Å². The molecule has 25 heavy (non-hydrogen) atoms. The molecular formula is C21H30N2O2. The van der Waals surface area contributed by atoms with Crippen molar-refractivity contribution in [3.05, 3.63) is 29.3 Å². The van der Waals surface area contributed by atoms with E-state index >= 15 is 0 Å². The molecule has 2 saturated carbocycles. The predicted octanol–water partition coefficient (Wildman–Crippen LogP) is 2.93. The number of nitrogens with zero attached hydrogens (tertiary/aromatic N) is 1. The normalized spacial score (nSPS) is 29.3. The average Bonchev–Trinajstić information content (AvgIpc) is 3.41. The first-order valence-corrected chi connectivity index (χ1v) is 9.81. The van der Waals surface area contributed by atoms with Gasteiger partial charge in [-0.15, -0.1) is 0 Å². The molecule has 1 aliphatic heterocycles. The van der Waals surface area contributed by atoms with Crippen LogP contribution in [-0.4, -0.2) is 43.1 Å². The molecular weight excluding hydrogens is 312 g/mol. The van der Waals surface area contributed by atoms with E-state index in [1.54, 1.807) is 7.11 Å². The lowest BCUT2D eigenvalue weighted by molar-refractivity contribution is -0.123. The Bertz CT molecular complexity index is 627. The Morgan fingerprint density at radius 3 is 2.56 bits per heavy atom. The molecule has 2 aliphatic carbocycles. The van der Waals surface area contributed by atoms with Crippen molar-refractivity contribution in [1.29, 1.82) is 0 Å². The highest BCUT2D eigenvalue weighted by atomic mass is 16.5. The first kappa shape index (κ1) is 16.9. The van der Waals surface area contributed by atoms with Crippen molar-refractivity contribution in [2.24, 2.45) is 11.8 Å². The summed E-state index contributed by atoms with van der Waals surface area (Å²) in [6.45, 7) is 4.40. The van der Waals surface area contributed by atoms with Crippen molar-refractivity contribution in [2.75, 3.05) is 20.2 Å². The van der Waals surface area contributed by atoms with Crippen LogP contribution in [0.25, 0.3) is 0 Å². The van der Waals surface area contributed by atoms with E-state index < -0.39 is 0 Å². The van der Waals surface area contributed by atoms with Crippen LogP contribution in [0.15, 0.2) is 18.2 Å². The first-order chi connectivity index (χ1) is 12.1. The predicted molar refractivity (Wildman–Crippen MR) is 98.8 cm³/mol. The van der Waals surface area contributed by atoms with E-state index in [-0.39, 0.29) is 5.91 Å². The molecule has 3 fully saturated rings. The molecule has 1 saturated heterocycles. The molecule has 3 aliphatic rings. The fraction of sp³-hybridized carbons (Fsp3) is 0.667. The van der Waals surface area contributed by atoms with Gasteiger partial charge in [0.05, 0.1) is 13.5 Å². The lowest BCUT2D eigenvalue weighted by Gasteiger charge is -2.47. The molecule has 0 aromatic heterocycles. The van der Waals surface area contributed by atoms with Crippen LogP contribution >= 0.6 is 0 Å². The Hall–Kier alpha value is -1.55. The first-order valence-electron chi connectivity index (χ1n) is 9.81. The Morgan fingerprint density at radius 1 is 1.20 bits per heavy atom.